The summed E-state index contributed by atoms with van der Waals surface area (Å²) in [5.74, 6) is -1.41. The summed E-state index contributed by atoms with van der Waals surface area (Å²) in [5, 5.41) is 8.71. The van der Waals surface area contributed by atoms with Crippen molar-refractivity contribution in [2.75, 3.05) is 18.0 Å². The monoisotopic (exact) mass is 314 g/mol. The lowest BCUT2D eigenvalue weighted by Crippen LogP contribution is -2.28. The number of rotatable bonds is 6. The quantitative estimate of drug-likeness (QED) is 0.839. The number of hydrogen-bond donors (Lipinski definition) is 2. The Morgan fingerprint density at radius 1 is 1.44 bits per heavy atom. The maximum atomic E-state index is 11.5. The molecular formula is C12H15BrN2O3. The predicted octanol–water partition coefficient (Wildman–Crippen LogP) is 1.85. The Morgan fingerprint density at radius 3 is 2.61 bits per heavy atom. The summed E-state index contributed by atoms with van der Waals surface area (Å²) in [6.45, 7) is 2.83. The normalized spacial score (nSPS) is 10.1. The first-order chi connectivity index (χ1) is 8.47. The largest absolute Gasteiger partial charge is 0.481 e. The van der Waals surface area contributed by atoms with E-state index in [1.807, 2.05) is 11.8 Å². The summed E-state index contributed by atoms with van der Waals surface area (Å²) >= 11 is 3.28. The van der Waals surface area contributed by atoms with E-state index in [-0.39, 0.29) is 6.42 Å². The molecule has 0 aliphatic rings. The van der Waals surface area contributed by atoms with Crippen molar-refractivity contribution >= 4 is 33.5 Å². The van der Waals surface area contributed by atoms with Crippen LogP contribution in [0.15, 0.2) is 22.7 Å². The van der Waals surface area contributed by atoms with Gasteiger partial charge in [0.05, 0.1) is 17.7 Å². The molecule has 0 aromatic heterocycles. The lowest BCUT2D eigenvalue weighted by molar-refractivity contribution is -0.136. The fourth-order valence-corrected chi connectivity index (χ4v) is 2.25. The van der Waals surface area contributed by atoms with Crippen LogP contribution in [0.1, 0.15) is 23.7 Å². The SMILES string of the molecule is CCN(CCC(=O)O)c1cccc(Br)c1C(N)=O. The summed E-state index contributed by atoms with van der Waals surface area (Å²) in [7, 11) is 0. The molecule has 0 radical (unpaired) electrons. The second kappa shape index (κ2) is 6.39. The Bertz CT molecular complexity index is 463. The summed E-state index contributed by atoms with van der Waals surface area (Å²) in [5.41, 5.74) is 6.38. The van der Waals surface area contributed by atoms with E-state index in [0.717, 1.165) is 0 Å². The van der Waals surface area contributed by atoms with Crippen molar-refractivity contribution in [1.29, 1.82) is 0 Å². The van der Waals surface area contributed by atoms with E-state index in [0.29, 0.717) is 28.8 Å². The molecule has 0 spiro atoms. The number of hydrogen-bond acceptors (Lipinski definition) is 3. The third kappa shape index (κ3) is 3.46. The van der Waals surface area contributed by atoms with Crippen LogP contribution in [0.25, 0.3) is 0 Å². The number of aliphatic carboxylic acids is 1. The van der Waals surface area contributed by atoms with Gasteiger partial charge in [-0.3, -0.25) is 9.59 Å². The molecule has 0 unspecified atom stereocenters. The zero-order valence-corrected chi connectivity index (χ0v) is 11.6. The van der Waals surface area contributed by atoms with Gasteiger partial charge in [0.25, 0.3) is 5.91 Å². The molecule has 18 heavy (non-hydrogen) atoms. The third-order valence-corrected chi connectivity index (χ3v) is 3.22. The van der Waals surface area contributed by atoms with Crippen molar-refractivity contribution < 1.29 is 14.7 Å². The van der Waals surface area contributed by atoms with Crippen LogP contribution >= 0.6 is 15.9 Å². The minimum absolute atomic E-state index is 0.0125. The maximum absolute atomic E-state index is 11.5. The van der Waals surface area contributed by atoms with Crippen LogP contribution < -0.4 is 10.6 Å². The third-order valence-electron chi connectivity index (χ3n) is 2.56. The zero-order chi connectivity index (χ0) is 13.7. The van der Waals surface area contributed by atoms with Gasteiger partial charge in [-0.05, 0) is 35.0 Å². The molecule has 0 heterocycles. The lowest BCUT2D eigenvalue weighted by atomic mass is 10.1. The molecule has 0 aliphatic carbocycles. The number of amides is 1. The van der Waals surface area contributed by atoms with Gasteiger partial charge in [-0.2, -0.15) is 0 Å². The number of benzene rings is 1. The van der Waals surface area contributed by atoms with E-state index in [1.54, 1.807) is 18.2 Å². The first kappa shape index (κ1) is 14.5. The van der Waals surface area contributed by atoms with Crippen molar-refractivity contribution in [2.45, 2.75) is 13.3 Å². The summed E-state index contributed by atoms with van der Waals surface area (Å²) in [6, 6.07) is 5.28. The van der Waals surface area contributed by atoms with Gasteiger partial charge in [-0.25, -0.2) is 0 Å². The smallest absolute Gasteiger partial charge is 0.305 e. The van der Waals surface area contributed by atoms with E-state index in [2.05, 4.69) is 15.9 Å². The van der Waals surface area contributed by atoms with Gasteiger partial charge < -0.3 is 15.7 Å². The zero-order valence-electron chi connectivity index (χ0n) is 10.0. The van der Waals surface area contributed by atoms with Gasteiger partial charge in [-0.1, -0.05) is 6.07 Å². The van der Waals surface area contributed by atoms with Crippen molar-refractivity contribution in [3.05, 3.63) is 28.2 Å². The molecule has 1 rings (SSSR count). The van der Waals surface area contributed by atoms with Crippen LogP contribution in [0.4, 0.5) is 5.69 Å². The standard InChI is InChI=1S/C12H15BrN2O3/c1-2-15(7-6-10(16)17)9-5-3-4-8(13)11(9)12(14)18/h3-5H,2,6-7H2,1H3,(H2,14,18)(H,16,17). The number of nitrogens with two attached hydrogens (primary N) is 1. The van der Waals surface area contributed by atoms with E-state index in [1.165, 1.54) is 0 Å². The lowest BCUT2D eigenvalue weighted by Gasteiger charge is -2.24. The number of anilines is 1. The number of nitrogens with zero attached hydrogens (tertiary/aromatic N) is 1. The molecule has 1 aromatic carbocycles. The molecular weight excluding hydrogens is 300 g/mol. The van der Waals surface area contributed by atoms with E-state index in [9.17, 15) is 9.59 Å². The number of carboxylic acids is 1. The molecule has 0 bridgehead atoms. The molecule has 0 saturated carbocycles. The van der Waals surface area contributed by atoms with Gasteiger partial charge >= 0.3 is 5.97 Å². The molecule has 6 heteroatoms. The van der Waals surface area contributed by atoms with Crippen LogP contribution in [0.5, 0.6) is 0 Å². The molecule has 1 amide bonds. The van der Waals surface area contributed by atoms with Crippen molar-refractivity contribution in [3.63, 3.8) is 0 Å². The number of halogens is 1. The molecule has 0 saturated heterocycles. The van der Waals surface area contributed by atoms with Crippen molar-refractivity contribution in [3.8, 4) is 0 Å². The molecule has 0 fully saturated rings. The van der Waals surface area contributed by atoms with Crippen LogP contribution in [0, 0.1) is 0 Å². The first-order valence-corrected chi connectivity index (χ1v) is 6.31. The van der Waals surface area contributed by atoms with E-state index >= 15 is 0 Å². The Morgan fingerprint density at radius 2 is 2.11 bits per heavy atom. The van der Waals surface area contributed by atoms with Crippen LogP contribution in [0.3, 0.4) is 0 Å². The average Bonchev–Trinajstić information content (AvgIpc) is 2.29. The second-order valence-corrected chi connectivity index (χ2v) is 4.58. The first-order valence-electron chi connectivity index (χ1n) is 5.52. The van der Waals surface area contributed by atoms with Gasteiger partial charge in [0.2, 0.25) is 0 Å². The topological polar surface area (TPSA) is 83.6 Å². The maximum Gasteiger partial charge on any atom is 0.305 e. The highest BCUT2D eigenvalue weighted by Gasteiger charge is 2.17. The Hall–Kier alpha value is -1.56. The van der Waals surface area contributed by atoms with Crippen LogP contribution in [-0.2, 0) is 4.79 Å². The fourth-order valence-electron chi connectivity index (χ4n) is 1.70. The van der Waals surface area contributed by atoms with E-state index < -0.39 is 11.9 Å². The highest BCUT2D eigenvalue weighted by atomic mass is 79.9. The van der Waals surface area contributed by atoms with Crippen molar-refractivity contribution in [2.24, 2.45) is 5.73 Å². The fraction of sp³-hybridized carbons (Fsp3) is 0.333. The van der Waals surface area contributed by atoms with Gasteiger partial charge in [0, 0.05) is 17.6 Å². The number of primary amides is 1. The number of carbonyl (C=O) groups is 2. The van der Waals surface area contributed by atoms with E-state index in [4.69, 9.17) is 10.8 Å². The van der Waals surface area contributed by atoms with Gasteiger partial charge in [0.1, 0.15) is 0 Å². The van der Waals surface area contributed by atoms with Crippen LogP contribution in [0.2, 0.25) is 0 Å². The number of carbonyl (C=O) groups excluding carboxylic acids is 1. The molecule has 0 atom stereocenters. The Balaban J connectivity index is 3.08. The molecule has 3 N–H and O–H groups in total. The highest BCUT2D eigenvalue weighted by Crippen LogP contribution is 2.27. The Kier molecular flexibility index (Phi) is 5.15. The molecule has 98 valence electrons. The predicted molar refractivity (Wildman–Crippen MR) is 72.8 cm³/mol. The minimum Gasteiger partial charge on any atom is -0.481 e. The highest BCUT2D eigenvalue weighted by molar-refractivity contribution is 9.10. The summed E-state index contributed by atoms with van der Waals surface area (Å²) < 4.78 is 0.612. The van der Waals surface area contributed by atoms with Gasteiger partial charge in [0.15, 0.2) is 0 Å². The number of carboxylic acid groups (broad SMARTS) is 1. The average molecular weight is 315 g/mol. The summed E-state index contributed by atoms with van der Waals surface area (Å²) in [6.07, 6.45) is 0.0125. The van der Waals surface area contributed by atoms with Crippen LogP contribution in [-0.4, -0.2) is 30.1 Å². The van der Waals surface area contributed by atoms with Gasteiger partial charge in [-0.15, -0.1) is 0 Å². The second-order valence-electron chi connectivity index (χ2n) is 3.72. The summed E-state index contributed by atoms with van der Waals surface area (Å²) in [4.78, 5) is 23.9. The molecule has 1 aromatic rings. The molecule has 0 aliphatic heterocycles. The van der Waals surface area contributed by atoms with Crippen molar-refractivity contribution in [1.82, 2.24) is 0 Å². The molecule has 5 nitrogen and oxygen atoms in total. The minimum atomic E-state index is -0.871. The Labute approximate surface area is 114 Å².